The lowest BCUT2D eigenvalue weighted by molar-refractivity contribution is 0.844. The molecule has 0 amide bonds. The molecule has 0 saturated heterocycles. The van der Waals surface area contributed by atoms with Crippen molar-refractivity contribution in [2.45, 2.75) is 32.5 Å². The summed E-state index contributed by atoms with van der Waals surface area (Å²) in [4.78, 5) is 0. The van der Waals surface area contributed by atoms with Gasteiger partial charge in [0.05, 0.1) is 7.85 Å². The van der Waals surface area contributed by atoms with Gasteiger partial charge < -0.3 is 11.5 Å². The van der Waals surface area contributed by atoms with E-state index in [0.29, 0.717) is 0 Å². The molecule has 0 aromatic carbocycles. The van der Waals surface area contributed by atoms with Gasteiger partial charge >= 0.3 is 0 Å². The van der Waals surface area contributed by atoms with Crippen molar-refractivity contribution in [2.75, 3.05) is 13.1 Å². The third-order valence-corrected chi connectivity index (χ3v) is 0.966. The summed E-state index contributed by atoms with van der Waals surface area (Å²) < 4.78 is 0. The van der Waals surface area contributed by atoms with E-state index in [9.17, 15) is 0 Å². The highest BCUT2D eigenvalue weighted by atomic mass is 14.6. The van der Waals surface area contributed by atoms with Crippen molar-refractivity contribution in [2.24, 2.45) is 11.5 Å². The van der Waals surface area contributed by atoms with E-state index in [2.05, 4.69) is 6.92 Å². The van der Waals surface area contributed by atoms with E-state index >= 15 is 0 Å². The van der Waals surface area contributed by atoms with E-state index in [4.69, 9.17) is 19.3 Å². The second kappa shape index (κ2) is 16.0. The SMILES string of the molecule is NCCCN.[B]CCCC. The number of hydrogen-bond acceptors (Lipinski definition) is 2. The topological polar surface area (TPSA) is 52.0 Å². The Balaban J connectivity index is 0. The minimum Gasteiger partial charge on any atom is -0.330 e. The van der Waals surface area contributed by atoms with Gasteiger partial charge in [0, 0.05) is 0 Å². The van der Waals surface area contributed by atoms with Crippen LogP contribution in [-0.4, -0.2) is 20.9 Å². The summed E-state index contributed by atoms with van der Waals surface area (Å²) >= 11 is 0. The van der Waals surface area contributed by atoms with Crippen LogP contribution in [0, 0.1) is 0 Å². The Kier molecular flexibility index (Phi) is 20.2. The maximum absolute atomic E-state index is 5.14. The summed E-state index contributed by atoms with van der Waals surface area (Å²) in [6, 6.07) is 0. The zero-order valence-electron chi connectivity index (χ0n) is 6.97. The number of unbranched alkanes of at least 4 members (excludes halogenated alkanes) is 1. The molecule has 0 rings (SSSR count). The molecule has 10 heavy (non-hydrogen) atoms. The fourth-order valence-electron chi connectivity index (χ4n) is 0.322. The first kappa shape index (κ1) is 12.6. The van der Waals surface area contributed by atoms with Crippen molar-refractivity contribution in [1.29, 1.82) is 0 Å². The van der Waals surface area contributed by atoms with E-state index in [1.54, 1.807) is 0 Å². The molecule has 0 aliphatic rings. The van der Waals surface area contributed by atoms with Crippen LogP contribution in [0.25, 0.3) is 0 Å². The molecule has 3 heteroatoms. The van der Waals surface area contributed by atoms with Gasteiger partial charge in [-0.1, -0.05) is 26.1 Å². The average molecular weight is 142 g/mol. The molecule has 0 spiro atoms. The second-order valence-electron chi connectivity index (χ2n) is 2.07. The molecule has 0 fully saturated rings. The fourth-order valence-corrected chi connectivity index (χ4v) is 0.322. The number of nitrogens with two attached hydrogens (primary N) is 2. The zero-order chi connectivity index (χ0) is 8.24. The van der Waals surface area contributed by atoms with Crippen molar-refractivity contribution in [3.8, 4) is 0 Å². The standard InChI is InChI=1S/C4H9B.C3H10N2/c1-2-3-4-5;4-2-1-3-5/h2-4H2,1H3;1-5H2. The van der Waals surface area contributed by atoms with Crippen molar-refractivity contribution in [1.82, 2.24) is 0 Å². The molecular weight excluding hydrogens is 123 g/mol. The van der Waals surface area contributed by atoms with Gasteiger partial charge in [-0.2, -0.15) is 0 Å². The van der Waals surface area contributed by atoms with Crippen LogP contribution < -0.4 is 11.5 Å². The second-order valence-corrected chi connectivity index (χ2v) is 2.07. The van der Waals surface area contributed by atoms with Gasteiger partial charge in [0.15, 0.2) is 0 Å². The van der Waals surface area contributed by atoms with Crippen LogP contribution >= 0.6 is 0 Å². The average Bonchev–Trinajstić information content (AvgIpc) is 1.93. The molecule has 0 unspecified atom stereocenters. The van der Waals surface area contributed by atoms with Crippen LogP contribution in [0.15, 0.2) is 0 Å². The van der Waals surface area contributed by atoms with E-state index in [0.717, 1.165) is 25.8 Å². The Morgan fingerprint density at radius 1 is 1.10 bits per heavy atom. The van der Waals surface area contributed by atoms with Crippen LogP contribution in [0.4, 0.5) is 0 Å². The Bertz CT molecular complexity index is 32.6. The third-order valence-electron chi connectivity index (χ3n) is 0.966. The van der Waals surface area contributed by atoms with Crippen LogP contribution in [-0.2, 0) is 0 Å². The fraction of sp³-hybridized carbons (Fsp3) is 1.00. The minimum atomic E-state index is 0.719. The highest BCUT2D eigenvalue weighted by Crippen LogP contribution is 1.86. The highest BCUT2D eigenvalue weighted by molar-refractivity contribution is 6.08. The van der Waals surface area contributed by atoms with Gasteiger partial charge in [-0.15, -0.1) is 0 Å². The quantitative estimate of drug-likeness (QED) is 0.566. The Morgan fingerprint density at radius 2 is 1.60 bits per heavy atom. The van der Waals surface area contributed by atoms with E-state index < -0.39 is 0 Å². The maximum Gasteiger partial charge on any atom is 0.0652 e. The molecule has 0 aliphatic carbocycles. The van der Waals surface area contributed by atoms with Gasteiger partial charge in [0.1, 0.15) is 0 Å². The lowest BCUT2D eigenvalue weighted by Gasteiger charge is -1.81. The first-order valence-electron chi connectivity index (χ1n) is 3.93. The van der Waals surface area contributed by atoms with Crippen LogP contribution in [0.3, 0.4) is 0 Å². The lowest BCUT2D eigenvalue weighted by atomic mass is 10.0. The van der Waals surface area contributed by atoms with Crippen molar-refractivity contribution in [3.05, 3.63) is 0 Å². The molecule has 0 atom stereocenters. The summed E-state index contributed by atoms with van der Waals surface area (Å²) in [7, 11) is 5.14. The van der Waals surface area contributed by atoms with Gasteiger partial charge in [0.25, 0.3) is 0 Å². The third kappa shape index (κ3) is 24.5. The monoisotopic (exact) mass is 142 g/mol. The summed E-state index contributed by atoms with van der Waals surface area (Å²) in [5.41, 5.74) is 10.1. The van der Waals surface area contributed by atoms with Crippen molar-refractivity contribution in [3.63, 3.8) is 0 Å². The molecular formula is C7H19BN2. The summed E-state index contributed by atoms with van der Waals surface area (Å²) in [5.74, 6) is 0. The smallest absolute Gasteiger partial charge is 0.0652 e. The Hall–Kier alpha value is -0.0151. The largest absolute Gasteiger partial charge is 0.330 e. The van der Waals surface area contributed by atoms with Crippen LogP contribution in [0.2, 0.25) is 6.32 Å². The summed E-state index contributed by atoms with van der Waals surface area (Å²) in [6.45, 7) is 3.57. The molecule has 0 bridgehead atoms. The molecule has 0 heterocycles. The normalized spacial score (nSPS) is 8.30. The van der Waals surface area contributed by atoms with Crippen molar-refractivity contribution < 1.29 is 0 Å². The molecule has 2 nitrogen and oxygen atoms in total. The predicted molar refractivity (Wildman–Crippen MR) is 48.2 cm³/mol. The highest BCUT2D eigenvalue weighted by Gasteiger charge is 1.68. The van der Waals surface area contributed by atoms with Gasteiger partial charge in [-0.25, -0.2) is 0 Å². The number of hydrogen-bond donors (Lipinski definition) is 2. The van der Waals surface area contributed by atoms with Crippen molar-refractivity contribution >= 4 is 7.85 Å². The van der Waals surface area contributed by atoms with E-state index in [1.807, 2.05) is 0 Å². The number of rotatable bonds is 4. The zero-order valence-corrected chi connectivity index (χ0v) is 6.97. The van der Waals surface area contributed by atoms with Crippen LogP contribution in [0.5, 0.6) is 0 Å². The van der Waals surface area contributed by atoms with Gasteiger partial charge in [-0.05, 0) is 19.5 Å². The van der Waals surface area contributed by atoms with Gasteiger partial charge in [0.2, 0.25) is 0 Å². The Labute approximate surface area is 65.8 Å². The summed E-state index contributed by atoms with van der Waals surface area (Å²) in [6.07, 6.45) is 4.17. The molecule has 0 aromatic rings. The van der Waals surface area contributed by atoms with E-state index in [-0.39, 0.29) is 0 Å². The first-order valence-corrected chi connectivity index (χ1v) is 3.93. The molecule has 60 valence electrons. The molecule has 0 saturated carbocycles. The molecule has 2 radical (unpaired) electrons. The van der Waals surface area contributed by atoms with Crippen LogP contribution in [0.1, 0.15) is 26.2 Å². The molecule has 4 N–H and O–H groups in total. The van der Waals surface area contributed by atoms with Gasteiger partial charge in [-0.3, -0.25) is 0 Å². The predicted octanol–water partition coefficient (Wildman–Crippen LogP) is 0.667. The first-order chi connectivity index (χ1) is 4.83. The maximum atomic E-state index is 5.14. The lowest BCUT2D eigenvalue weighted by Crippen LogP contribution is -2.06. The molecule has 0 aliphatic heterocycles. The van der Waals surface area contributed by atoms with E-state index in [1.165, 1.54) is 12.8 Å². The molecule has 0 aromatic heterocycles. The Morgan fingerprint density at radius 3 is 1.60 bits per heavy atom. The minimum absolute atomic E-state index is 0.719. The summed E-state index contributed by atoms with van der Waals surface area (Å²) in [5, 5.41) is 0.